The zero-order chi connectivity index (χ0) is 18.6. The van der Waals surface area contributed by atoms with Crippen molar-refractivity contribution in [2.24, 2.45) is 7.05 Å². The maximum absolute atomic E-state index is 13.4. The number of aromatic nitrogens is 7. The summed E-state index contributed by atoms with van der Waals surface area (Å²) >= 11 is 0. The Morgan fingerprint density at radius 3 is 2.78 bits per heavy atom. The molecule has 0 bridgehead atoms. The molecule has 2 unspecified atom stereocenters. The summed E-state index contributed by atoms with van der Waals surface area (Å²) in [6, 6.07) is 9.49. The molecular formula is C18H22N8O. The lowest BCUT2D eigenvalue weighted by atomic mass is 9.95. The van der Waals surface area contributed by atoms with E-state index in [4.69, 9.17) is 0 Å². The van der Waals surface area contributed by atoms with Crippen LogP contribution in [0.2, 0.25) is 0 Å². The molecule has 0 saturated carbocycles. The van der Waals surface area contributed by atoms with Crippen LogP contribution in [0.3, 0.4) is 0 Å². The van der Waals surface area contributed by atoms with Crippen LogP contribution in [-0.4, -0.2) is 58.9 Å². The highest BCUT2D eigenvalue weighted by atomic mass is 16.2. The first-order valence-electron chi connectivity index (χ1n) is 9.11. The largest absolute Gasteiger partial charge is 0.340 e. The minimum Gasteiger partial charge on any atom is -0.340 e. The SMILES string of the molecule is Cn1cnnc1C1CCCN(C(=O)C(Cc2ccccc2)n2cnnn2)C1. The summed E-state index contributed by atoms with van der Waals surface area (Å²) in [5.74, 6) is 1.16. The lowest BCUT2D eigenvalue weighted by Crippen LogP contribution is -2.44. The van der Waals surface area contributed by atoms with Crippen LogP contribution in [0.15, 0.2) is 43.0 Å². The Labute approximate surface area is 157 Å². The molecule has 3 aromatic rings. The number of nitrogens with zero attached hydrogens (tertiary/aromatic N) is 8. The van der Waals surface area contributed by atoms with Crippen molar-refractivity contribution in [1.82, 2.24) is 39.9 Å². The van der Waals surface area contributed by atoms with Gasteiger partial charge in [0.25, 0.3) is 0 Å². The number of benzene rings is 1. The Hall–Kier alpha value is -3.10. The van der Waals surface area contributed by atoms with Crippen LogP contribution in [0.1, 0.15) is 36.2 Å². The van der Waals surface area contributed by atoms with Gasteiger partial charge in [0.05, 0.1) is 0 Å². The summed E-state index contributed by atoms with van der Waals surface area (Å²) in [5, 5.41) is 19.6. The zero-order valence-corrected chi connectivity index (χ0v) is 15.2. The molecule has 9 nitrogen and oxygen atoms in total. The fourth-order valence-electron chi connectivity index (χ4n) is 3.70. The minimum absolute atomic E-state index is 0.0398. The molecule has 1 amide bonds. The maximum atomic E-state index is 13.4. The predicted molar refractivity (Wildman–Crippen MR) is 96.6 cm³/mol. The van der Waals surface area contributed by atoms with E-state index in [9.17, 15) is 4.79 Å². The van der Waals surface area contributed by atoms with Gasteiger partial charge in [-0.15, -0.1) is 15.3 Å². The number of hydrogen-bond donors (Lipinski definition) is 0. The first-order chi connectivity index (χ1) is 13.2. The Morgan fingerprint density at radius 1 is 1.22 bits per heavy atom. The van der Waals surface area contributed by atoms with Crippen LogP contribution in [0, 0.1) is 0 Å². The van der Waals surface area contributed by atoms with Crippen LogP contribution in [0.4, 0.5) is 0 Å². The van der Waals surface area contributed by atoms with E-state index in [-0.39, 0.29) is 11.8 Å². The number of likely N-dealkylation sites (tertiary alicyclic amines) is 1. The molecule has 9 heteroatoms. The van der Waals surface area contributed by atoms with Crippen LogP contribution >= 0.6 is 0 Å². The average molecular weight is 366 g/mol. The molecule has 1 aliphatic heterocycles. The van der Waals surface area contributed by atoms with Crippen LogP contribution in [0.25, 0.3) is 0 Å². The molecular weight excluding hydrogens is 344 g/mol. The smallest absolute Gasteiger partial charge is 0.247 e. The average Bonchev–Trinajstić information content (AvgIpc) is 3.38. The van der Waals surface area contributed by atoms with Gasteiger partial charge in [0.15, 0.2) is 0 Å². The van der Waals surface area contributed by atoms with Crippen molar-refractivity contribution in [3.05, 3.63) is 54.4 Å². The van der Waals surface area contributed by atoms with E-state index in [1.165, 1.54) is 6.33 Å². The quantitative estimate of drug-likeness (QED) is 0.668. The van der Waals surface area contributed by atoms with Gasteiger partial charge in [-0.05, 0) is 28.8 Å². The fourth-order valence-corrected chi connectivity index (χ4v) is 3.70. The van der Waals surface area contributed by atoms with E-state index in [1.54, 1.807) is 11.0 Å². The number of carbonyl (C=O) groups excluding carboxylic acids is 1. The highest BCUT2D eigenvalue weighted by molar-refractivity contribution is 5.80. The number of carbonyl (C=O) groups is 1. The predicted octanol–water partition coefficient (Wildman–Crippen LogP) is 0.992. The molecule has 27 heavy (non-hydrogen) atoms. The third-order valence-electron chi connectivity index (χ3n) is 5.09. The van der Waals surface area contributed by atoms with Gasteiger partial charge in [-0.25, -0.2) is 4.68 Å². The number of tetrazole rings is 1. The van der Waals surface area contributed by atoms with Crippen LogP contribution < -0.4 is 0 Å². The second-order valence-electron chi connectivity index (χ2n) is 6.92. The van der Waals surface area contributed by atoms with Gasteiger partial charge in [0.2, 0.25) is 5.91 Å². The number of aryl methyl sites for hydroxylation is 1. The van der Waals surface area contributed by atoms with Crippen molar-refractivity contribution in [3.8, 4) is 0 Å². The number of amides is 1. The first-order valence-corrected chi connectivity index (χ1v) is 9.11. The first kappa shape index (κ1) is 17.3. The van der Waals surface area contributed by atoms with E-state index in [1.807, 2.05) is 46.8 Å². The molecule has 2 aromatic heterocycles. The van der Waals surface area contributed by atoms with Gasteiger partial charge in [0, 0.05) is 32.5 Å². The third-order valence-corrected chi connectivity index (χ3v) is 5.09. The van der Waals surface area contributed by atoms with Gasteiger partial charge in [-0.3, -0.25) is 4.79 Å². The number of piperidine rings is 1. The Kier molecular flexibility index (Phi) is 4.91. The molecule has 140 valence electrons. The van der Waals surface area contributed by atoms with E-state index in [0.717, 1.165) is 30.8 Å². The molecule has 1 fully saturated rings. The van der Waals surface area contributed by atoms with Crippen LogP contribution in [0.5, 0.6) is 0 Å². The van der Waals surface area contributed by atoms with Crippen molar-refractivity contribution in [2.75, 3.05) is 13.1 Å². The van der Waals surface area contributed by atoms with Gasteiger partial charge in [0.1, 0.15) is 24.5 Å². The fraction of sp³-hybridized carbons (Fsp3) is 0.444. The molecule has 0 aliphatic carbocycles. The van der Waals surface area contributed by atoms with Gasteiger partial charge < -0.3 is 9.47 Å². The molecule has 1 aromatic carbocycles. The summed E-state index contributed by atoms with van der Waals surface area (Å²) in [5.41, 5.74) is 1.08. The number of hydrogen-bond acceptors (Lipinski definition) is 6. The molecule has 1 aliphatic rings. The molecule has 4 rings (SSSR count). The minimum atomic E-state index is -0.458. The monoisotopic (exact) mass is 366 g/mol. The van der Waals surface area contributed by atoms with Gasteiger partial charge in [-0.2, -0.15) is 0 Å². The summed E-state index contributed by atoms with van der Waals surface area (Å²) in [6.45, 7) is 1.37. The summed E-state index contributed by atoms with van der Waals surface area (Å²) in [4.78, 5) is 15.3. The molecule has 3 heterocycles. The van der Waals surface area contributed by atoms with Crippen molar-refractivity contribution in [2.45, 2.75) is 31.2 Å². The van der Waals surface area contributed by atoms with Crippen molar-refractivity contribution >= 4 is 5.91 Å². The van der Waals surface area contributed by atoms with E-state index < -0.39 is 6.04 Å². The van der Waals surface area contributed by atoms with Gasteiger partial charge >= 0.3 is 0 Å². The van der Waals surface area contributed by atoms with Crippen molar-refractivity contribution in [1.29, 1.82) is 0 Å². The molecule has 1 saturated heterocycles. The second kappa shape index (κ2) is 7.65. The lowest BCUT2D eigenvalue weighted by Gasteiger charge is -2.34. The van der Waals surface area contributed by atoms with E-state index >= 15 is 0 Å². The Morgan fingerprint density at radius 2 is 2.07 bits per heavy atom. The molecule has 0 spiro atoms. The third kappa shape index (κ3) is 3.71. The summed E-state index contributed by atoms with van der Waals surface area (Å²) < 4.78 is 3.49. The zero-order valence-electron chi connectivity index (χ0n) is 15.2. The Bertz CT molecular complexity index is 876. The molecule has 0 radical (unpaired) electrons. The highest BCUT2D eigenvalue weighted by Gasteiger charge is 2.32. The molecule has 2 atom stereocenters. The van der Waals surface area contributed by atoms with E-state index in [2.05, 4.69) is 25.7 Å². The highest BCUT2D eigenvalue weighted by Crippen LogP contribution is 2.27. The van der Waals surface area contributed by atoms with E-state index in [0.29, 0.717) is 13.0 Å². The van der Waals surface area contributed by atoms with Crippen LogP contribution in [-0.2, 0) is 18.3 Å². The lowest BCUT2D eigenvalue weighted by molar-refractivity contribution is -0.136. The standard InChI is InChI=1S/C18H22N8O/c1-24-12-19-21-17(24)15-8-5-9-25(11-15)18(27)16(26-13-20-22-23-26)10-14-6-3-2-4-7-14/h2-4,6-7,12-13,15-16H,5,8-11H2,1H3. The normalized spacial score (nSPS) is 18.4. The van der Waals surface area contributed by atoms with Crippen molar-refractivity contribution < 1.29 is 4.79 Å². The second-order valence-corrected chi connectivity index (χ2v) is 6.92. The van der Waals surface area contributed by atoms with Crippen molar-refractivity contribution in [3.63, 3.8) is 0 Å². The maximum Gasteiger partial charge on any atom is 0.247 e. The van der Waals surface area contributed by atoms with Gasteiger partial charge in [-0.1, -0.05) is 30.3 Å². The summed E-state index contributed by atoms with van der Waals surface area (Å²) in [7, 11) is 1.94. The Balaban J connectivity index is 1.55. The number of rotatable bonds is 5. The molecule has 0 N–H and O–H groups in total. The summed E-state index contributed by atoms with van der Waals surface area (Å²) in [6.07, 6.45) is 5.71. The topological polar surface area (TPSA) is 94.6 Å².